The van der Waals surface area contributed by atoms with Crippen LogP contribution in [0.1, 0.15) is 29.7 Å². The van der Waals surface area contributed by atoms with E-state index in [0.717, 1.165) is 35.7 Å². The molecule has 0 unspecified atom stereocenters. The van der Waals surface area contributed by atoms with Crippen molar-refractivity contribution in [2.75, 3.05) is 12.4 Å². The lowest BCUT2D eigenvalue weighted by Gasteiger charge is -2.10. The van der Waals surface area contributed by atoms with Crippen LogP contribution in [0.15, 0.2) is 16.2 Å². The van der Waals surface area contributed by atoms with Crippen LogP contribution in [0.25, 0.3) is 0 Å². The summed E-state index contributed by atoms with van der Waals surface area (Å²) in [7, 11) is 0. The predicted molar refractivity (Wildman–Crippen MR) is 71.2 cm³/mol. The summed E-state index contributed by atoms with van der Waals surface area (Å²) in [5, 5.41) is 21.5. The highest BCUT2D eigenvalue weighted by Crippen LogP contribution is 2.28. The summed E-state index contributed by atoms with van der Waals surface area (Å²) in [5.74, 6) is 0.872. The van der Waals surface area contributed by atoms with Gasteiger partial charge in [-0.05, 0) is 37.3 Å². The third-order valence-electron chi connectivity index (χ3n) is 2.94. The number of aromatic nitrogens is 1. The minimum absolute atomic E-state index is 0.101. The van der Waals surface area contributed by atoms with Gasteiger partial charge in [0, 0.05) is 18.1 Å². The second-order valence-electron chi connectivity index (χ2n) is 4.21. The second kappa shape index (κ2) is 6.06. The van der Waals surface area contributed by atoms with Gasteiger partial charge < -0.3 is 16.0 Å². The molecule has 18 heavy (non-hydrogen) atoms. The highest BCUT2D eigenvalue weighted by molar-refractivity contribution is 7.99. The molecule has 0 radical (unpaired) electrons. The van der Waals surface area contributed by atoms with Crippen molar-refractivity contribution in [1.82, 2.24) is 4.98 Å². The molecule has 0 fully saturated rings. The van der Waals surface area contributed by atoms with Gasteiger partial charge in [-0.3, -0.25) is 0 Å². The van der Waals surface area contributed by atoms with Gasteiger partial charge in [-0.15, -0.1) is 11.8 Å². The Labute approximate surface area is 110 Å². The van der Waals surface area contributed by atoms with Crippen LogP contribution in [0.5, 0.6) is 0 Å². The molecular weight excluding hydrogens is 250 g/mol. The number of aliphatic hydroxyl groups is 1. The minimum Gasteiger partial charge on any atom is -0.409 e. The number of aliphatic hydroxyl groups excluding tert-OH is 1. The van der Waals surface area contributed by atoms with Gasteiger partial charge in [-0.2, -0.15) is 0 Å². The lowest BCUT2D eigenvalue weighted by atomic mass is 10.1. The molecule has 0 aromatic carbocycles. The molecule has 5 nitrogen and oxygen atoms in total. The first kappa shape index (κ1) is 13.2. The first-order chi connectivity index (χ1) is 8.76. The fraction of sp³-hybridized carbons (Fsp3) is 0.500. The molecule has 1 aliphatic carbocycles. The maximum absolute atomic E-state index is 8.82. The van der Waals surface area contributed by atoms with Gasteiger partial charge in [0.2, 0.25) is 0 Å². The number of amidine groups is 1. The van der Waals surface area contributed by atoms with Crippen molar-refractivity contribution in [3.8, 4) is 0 Å². The zero-order valence-electron chi connectivity index (χ0n) is 10.1. The first-order valence-electron chi connectivity index (χ1n) is 6.00. The molecule has 2 rings (SSSR count). The molecular formula is C12H17N3O2S. The molecule has 0 saturated carbocycles. The molecule has 0 spiro atoms. The molecule has 0 amide bonds. The van der Waals surface area contributed by atoms with Crippen LogP contribution in [0.2, 0.25) is 0 Å². The third-order valence-corrected chi connectivity index (χ3v) is 4.02. The van der Waals surface area contributed by atoms with Crippen LogP contribution >= 0.6 is 11.8 Å². The molecule has 0 saturated heterocycles. The van der Waals surface area contributed by atoms with Gasteiger partial charge in [-0.1, -0.05) is 5.16 Å². The van der Waals surface area contributed by atoms with E-state index in [2.05, 4.69) is 10.1 Å². The zero-order valence-corrected chi connectivity index (χ0v) is 10.9. The second-order valence-corrected chi connectivity index (χ2v) is 5.29. The van der Waals surface area contributed by atoms with Crippen molar-refractivity contribution in [1.29, 1.82) is 0 Å². The van der Waals surface area contributed by atoms with Crippen molar-refractivity contribution in [3.05, 3.63) is 22.9 Å². The minimum atomic E-state index is 0.101. The Bertz CT molecular complexity index is 463. The van der Waals surface area contributed by atoms with Gasteiger partial charge in [0.25, 0.3) is 0 Å². The number of oxime groups is 1. The van der Waals surface area contributed by atoms with Crippen molar-refractivity contribution in [3.63, 3.8) is 0 Å². The monoisotopic (exact) mass is 267 g/mol. The van der Waals surface area contributed by atoms with Crippen molar-refractivity contribution in [2.45, 2.75) is 30.7 Å². The Morgan fingerprint density at radius 2 is 2.33 bits per heavy atom. The predicted octanol–water partition coefficient (Wildman–Crippen LogP) is 1.14. The Hall–Kier alpha value is -1.27. The zero-order chi connectivity index (χ0) is 13.0. The molecule has 1 heterocycles. The highest BCUT2D eigenvalue weighted by atomic mass is 32.2. The van der Waals surface area contributed by atoms with Gasteiger partial charge in [-0.25, -0.2) is 4.98 Å². The molecule has 1 aromatic heterocycles. The first-order valence-corrected chi connectivity index (χ1v) is 6.99. The molecule has 0 aliphatic heterocycles. The van der Waals surface area contributed by atoms with Crippen molar-refractivity contribution >= 4 is 17.6 Å². The third kappa shape index (κ3) is 2.76. The van der Waals surface area contributed by atoms with E-state index in [4.69, 9.17) is 16.0 Å². The Balaban J connectivity index is 2.29. The lowest BCUT2D eigenvalue weighted by molar-refractivity contribution is 0.296. The van der Waals surface area contributed by atoms with E-state index in [1.165, 1.54) is 17.3 Å². The number of nitrogens with two attached hydrogens (primary N) is 1. The number of fused-ring (bicyclic) bond motifs is 1. The standard InChI is InChI=1S/C12H17N3O2S/c13-11(15-17)9-7-8-3-1-4-10(8)14-12(9)18-6-2-5-16/h7,16-17H,1-6H2,(H2,13,15). The summed E-state index contributed by atoms with van der Waals surface area (Å²) >= 11 is 1.54. The molecule has 1 aromatic rings. The number of nitrogens with zero attached hydrogens (tertiary/aromatic N) is 2. The van der Waals surface area contributed by atoms with Crippen molar-refractivity contribution < 1.29 is 10.3 Å². The average Bonchev–Trinajstić information content (AvgIpc) is 2.84. The molecule has 0 bridgehead atoms. The van der Waals surface area contributed by atoms with E-state index >= 15 is 0 Å². The maximum Gasteiger partial charge on any atom is 0.172 e. The van der Waals surface area contributed by atoms with E-state index in [1.54, 1.807) is 0 Å². The van der Waals surface area contributed by atoms with Gasteiger partial charge in [0.1, 0.15) is 5.03 Å². The normalized spacial score (nSPS) is 14.8. The smallest absolute Gasteiger partial charge is 0.172 e. The van der Waals surface area contributed by atoms with Crippen molar-refractivity contribution in [2.24, 2.45) is 10.9 Å². The maximum atomic E-state index is 8.82. The molecule has 6 heteroatoms. The van der Waals surface area contributed by atoms with Gasteiger partial charge >= 0.3 is 0 Å². The van der Waals surface area contributed by atoms with Crippen LogP contribution in [0.4, 0.5) is 0 Å². The molecule has 1 aliphatic rings. The van der Waals surface area contributed by atoms with Gasteiger partial charge in [0.05, 0.1) is 5.56 Å². The number of rotatable bonds is 5. The fourth-order valence-electron chi connectivity index (χ4n) is 2.03. The van der Waals surface area contributed by atoms with E-state index in [-0.39, 0.29) is 12.4 Å². The quantitative estimate of drug-likeness (QED) is 0.186. The van der Waals surface area contributed by atoms with Crippen LogP contribution in [-0.4, -0.2) is 33.5 Å². The molecule has 4 N–H and O–H groups in total. The lowest BCUT2D eigenvalue weighted by Crippen LogP contribution is -2.16. The average molecular weight is 267 g/mol. The number of hydrogen-bond acceptors (Lipinski definition) is 5. The topological polar surface area (TPSA) is 91.7 Å². The van der Waals surface area contributed by atoms with Crippen LogP contribution in [-0.2, 0) is 12.8 Å². The Morgan fingerprint density at radius 3 is 3.06 bits per heavy atom. The summed E-state index contributed by atoms with van der Waals surface area (Å²) in [6.45, 7) is 0.164. The van der Waals surface area contributed by atoms with E-state index in [9.17, 15) is 0 Å². The van der Waals surface area contributed by atoms with E-state index < -0.39 is 0 Å². The summed E-state index contributed by atoms with van der Waals surface area (Å²) in [6, 6.07) is 1.98. The summed E-state index contributed by atoms with van der Waals surface area (Å²) in [5.41, 5.74) is 8.70. The number of hydrogen-bond donors (Lipinski definition) is 3. The Kier molecular flexibility index (Phi) is 4.43. The molecule has 98 valence electrons. The fourth-order valence-corrected chi connectivity index (χ4v) is 2.99. The van der Waals surface area contributed by atoms with Crippen LogP contribution < -0.4 is 5.73 Å². The van der Waals surface area contributed by atoms with Crippen LogP contribution in [0.3, 0.4) is 0 Å². The van der Waals surface area contributed by atoms with E-state index in [0.29, 0.717) is 12.0 Å². The van der Waals surface area contributed by atoms with Gasteiger partial charge in [0.15, 0.2) is 5.84 Å². The SMILES string of the molecule is NC(=NO)c1cc2c(nc1SCCCO)CCC2. The largest absolute Gasteiger partial charge is 0.409 e. The number of aryl methyl sites for hydroxylation is 2. The van der Waals surface area contributed by atoms with E-state index in [1.807, 2.05) is 6.07 Å². The number of pyridine rings is 1. The Morgan fingerprint density at radius 1 is 1.50 bits per heavy atom. The number of thioether (sulfide) groups is 1. The van der Waals surface area contributed by atoms with Crippen LogP contribution in [0, 0.1) is 0 Å². The summed E-state index contributed by atoms with van der Waals surface area (Å²) in [4.78, 5) is 4.60. The summed E-state index contributed by atoms with van der Waals surface area (Å²) < 4.78 is 0. The molecule has 0 atom stereocenters. The summed E-state index contributed by atoms with van der Waals surface area (Å²) in [6.07, 6.45) is 3.83. The highest BCUT2D eigenvalue weighted by Gasteiger charge is 2.18.